The second-order valence-corrected chi connectivity index (χ2v) is 9.16. The van der Waals surface area contributed by atoms with Crippen LogP contribution >= 0.6 is 0 Å². The van der Waals surface area contributed by atoms with Gasteiger partial charge in [0.05, 0.1) is 13.0 Å². The van der Waals surface area contributed by atoms with Gasteiger partial charge in [-0.15, -0.1) is 0 Å². The van der Waals surface area contributed by atoms with Crippen LogP contribution in [0.3, 0.4) is 0 Å². The van der Waals surface area contributed by atoms with Crippen molar-refractivity contribution in [2.24, 2.45) is 0 Å². The molecular formula is C27H29NO8. The maximum Gasteiger partial charge on any atom is 0.313 e. The van der Waals surface area contributed by atoms with Crippen LogP contribution in [0.25, 0.3) is 0 Å². The lowest BCUT2D eigenvalue weighted by molar-refractivity contribution is -0.145. The molecule has 4 N–H and O–H groups in total. The van der Waals surface area contributed by atoms with Crippen molar-refractivity contribution in [2.45, 2.75) is 58.0 Å². The lowest BCUT2D eigenvalue weighted by Crippen LogP contribution is -2.35. The summed E-state index contributed by atoms with van der Waals surface area (Å²) in [7, 11) is 1.30. The van der Waals surface area contributed by atoms with Crippen molar-refractivity contribution in [2.75, 3.05) is 7.11 Å². The van der Waals surface area contributed by atoms with E-state index in [9.17, 15) is 20.1 Å². The number of aliphatic hydroxyl groups excluding tert-OH is 1. The van der Waals surface area contributed by atoms with Crippen molar-refractivity contribution in [3.05, 3.63) is 64.0 Å². The van der Waals surface area contributed by atoms with Gasteiger partial charge in [-0.2, -0.15) is 0 Å². The summed E-state index contributed by atoms with van der Waals surface area (Å²) in [6.45, 7) is 6.05. The Morgan fingerprint density at radius 2 is 1.81 bits per heavy atom. The van der Waals surface area contributed by atoms with Gasteiger partial charge in [-0.05, 0) is 49.1 Å². The molecule has 0 saturated heterocycles. The SMILES string of the molecule is CCc1c(C)[nH]c([C@H]2c3c(O)cc(O)cc3O[C@H](c3ccc4c(c3)OC(CC(=O)OC)O4)[C@@H]2O)c1C. The predicted octanol–water partition coefficient (Wildman–Crippen LogP) is 3.89. The largest absolute Gasteiger partial charge is 0.508 e. The number of phenols is 2. The van der Waals surface area contributed by atoms with Gasteiger partial charge in [0.2, 0.25) is 0 Å². The molecule has 0 fully saturated rings. The van der Waals surface area contributed by atoms with E-state index in [4.69, 9.17) is 14.2 Å². The lowest BCUT2D eigenvalue weighted by atomic mass is 9.80. The quantitative estimate of drug-likeness (QED) is 0.392. The maximum atomic E-state index is 11.7. The number of phenolic OH excluding ortho intramolecular Hbond substituents is 2. The molecule has 2 aliphatic rings. The van der Waals surface area contributed by atoms with Gasteiger partial charge in [-0.25, -0.2) is 0 Å². The number of esters is 1. The number of aryl methyl sites for hydroxylation is 1. The summed E-state index contributed by atoms with van der Waals surface area (Å²) in [5, 5.41) is 32.6. The number of nitrogens with one attached hydrogen (secondary N) is 1. The average Bonchev–Trinajstić information content (AvgIpc) is 3.36. The Morgan fingerprint density at radius 1 is 1.06 bits per heavy atom. The Labute approximate surface area is 208 Å². The van der Waals surface area contributed by atoms with Crippen LogP contribution in [0, 0.1) is 13.8 Å². The molecule has 0 spiro atoms. The van der Waals surface area contributed by atoms with Gasteiger partial charge < -0.3 is 39.3 Å². The normalized spacial score (nSPS) is 22.1. The summed E-state index contributed by atoms with van der Waals surface area (Å²) in [4.78, 5) is 15.0. The number of H-pyrrole nitrogens is 1. The van der Waals surface area contributed by atoms with Gasteiger partial charge >= 0.3 is 5.97 Å². The van der Waals surface area contributed by atoms with Gasteiger partial charge in [0.25, 0.3) is 6.29 Å². The number of methoxy groups -OCH3 is 1. The number of rotatable bonds is 5. The first-order valence-corrected chi connectivity index (χ1v) is 11.8. The number of aromatic nitrogens is 1. The van der Waals surface area contributed by atoms with E-state index < -0.39 is 30.4 Å². The molecule has 0 amide bonds. The van der Waals surface area contributed by atoms with Crippen molar-refractivity contribution in [3.8, 4) is 28.7 Å². The van der Waals surface area contributed by atoms with Gasteiger partial charge in [-0.1, -0.05) is 13.0 Å². The number of carbonyl (C=O) groups is 1. The molecule has 36 heavy (non-hydrogen) atoms. The van der Waals surface area contributed by atoms with E-state index in [2.05, 4.69) is 16.6 Å². The molecule has 4 atom stereocenters. The molecular weight excluding hydrogens is 466 g/mol. The molecule has 3 aromatic rings. The number of hydrogen-bond acceptors (Lipinski definition) is 8. The monoisotopic (exact) mass is 495 g/mol. The molecule has 2 aliphatic heterocycles. The van der Waals surface area contributed by atoms with E-state index in [-0.39, 0.29) is 23.7 Å². The van der Waals surface area contributed by atoms with Crippen LogP contribution in [0.15, 0.2) is 30.3 Å². The molecule has 9 heteroatoms. The van der Waals surface area contributed by atoms with E-state index in [1.165, 1.54) is 19.2 Å². The highest BCUT2D eigenvalue weighted by molar-refractivity contribution is 5.70. The molecule has 0 radical (unpaired) electrons. The third-order valence-corrected chi connectivity index (χ3v) is 6.99. The third kappa shape index (κ3) is 3.89. The van der Waals surface area contributed by atoms with E-state index in [0.29, 0.717) is 22.6 Å². The van der Waals surface area contributed by atoms with E-state index in [0.717, 1.165) is 28.9 Å². The van der Waals surface area contributed by atoms with Crippen LogP contribution in [0.5, 0.6) is 28.7 Å². The summed E-state index contributed by atoms with van der Waals surface area (Å²) in [5.41, 5.74) is 4.96. The Bertz CT molecular complexity index is 1330. The molecule has 1 aromatic heterocycles. The van der Waals surface area contributed by atoms with Crippen LogP contribution in [0.1, 0.15) is 59.0 Å². The number of aromatic amines is 1. The number of ether oxygens (including phenoxy) is 4. The molecule has 5 rings (SSSR count). The Balaban J connectivity index is 1.55. The zero-order valence-electron chi connectivity index (χ0n) is 20.5. The Morgan fingerprint density at radius 3 is 2.50 bits per heavy atom. The van der Waals surface area contributed by atoms with E-state index in [1.807, 2.05) is 13.8 Å². The van der Waals surface area contributed by atoms with Crippen LogP contribution in [0.4, 0.5) is 0 Å². The molecule has 0 aliphatic carbocycles. The lowest BCUT2D eigenvalue weighted by Gasteiger charge is -2.37. The highest BCUT2D eigenvalue weighted by Crippen LogP contribution is 2.52. The average molecular weight is 496 g/mol. The third-order valence-electron chi connectivity index (χ3n) is 6.99. The number of benzene rings is 2. The first kappa shape index (κ1) is 23.9. The summed E-state index contributed by atoms with van der Waals surface area (Å²) >= 11 is 0. The maximum absolute atomic E-state index is 11.7. The Hall–Kier alpha value is -3.85. The van der Waals surface area contributed by atoms with Crippen molar-refractivity contribution in [3.63, 3.8) is 0 Å². The minimum atomic E-state index is -1.08. The van der Waals surface area contributed by atoms with Crippen molar-refractivity contribution >= 4 is 5.97 Å². The van der Waals surface area contributed by atoms with Crippen molar-refractivity contribution < 1.29 is 39.1 Å². The fourth-order valence-corrected chi connectivity index (χ4v) is 5.30. The fourth-order valence-electron chi connectivity index (χ4n) is 5.30. The predicted molar refractivity (Wildman–Crippen MR) is 129 cm³/mol. The van der Waals surface area contributed by atoms with E-state index >= 15 is 0 Å². The molecule has 9 nitrogen and oxygen atoms in total. The van der Waals surface area contributed by atoms with E-state index in [1.54, 1.807) is 18.2 Å². The zero-order chi connectivity index (χ0) is 25.7. The number of aromatic hydroxyl groups is 2. The second kappa shape index (κ2) is 8.98. The molecule has 2 aromatic carbocycles. The van der Waals surface area contributed by atoms with Gasteiger partial charge in [0.1, 0.15) is 29.8 Å². The number of aliphatic hydroxyl groups is 1. The van der Waals surface area contributed by atoms with Gasteiger partial charge in [0, 0.05) is 29.1 Å². The summed E-state index contributed by atoms with van der Waals surface area (Å²) in [5.74, 6) is -0.249. The molecule has 1 unspecified atom stereocenters. The van der Waals surface area contributed by atoms with Crippen LogP contribution in [-0.4, -0.2) is 45.8 Å². The standard InChI is InChI=1S/C27H29NO8/c1-5-16-12(2)25(28-13(16)3)24-23-17(30)9-15(29)10-20(23)36-27(26(24)32)14-6-7-18-19(8-14)35-22(34-18)11-21(31)33-4/h6-10,22,24,26-30,32H,5,11H2,1-4H3/t22?,24-,26-,27-/m1/s1. The number of carbonyl (C=O) groups excluding carboxylic acids is 1. The van der Waals surface area contributed by atoms with Gasteiger partial charge in [-0.3, -0.25) is 4.79 Å². The summed E-state index contributed by atoms with van der Waals surface area (Å²) in [6, 6.07) is 7.84. The number of fused-ring (bicyclic) bond motifs is 2. The highest BCUT2D eigenvalue weighted by Gasteiger charge is 2.43. The van der Waals surface area contributed by atoms with Crippen molar-refractivity contribution in [1.82, 2.24) is 4.98 Å². The first-order chi connectivity index (χ1) is 17.2. The minimum absolute atomic E-state index is 0.0672. The van der Waals surface area contributed by atoms with Crippen LogP contribution in [-0.2, 0) is 16.0 Å². The first-order valence-electron chi connectivity index (χ1n) is 11.8. The Kier molecular flexibility index (Phi) is 5.96. The molecule has 3 heterocycles. The van der Waals surface area contributed by atoms with Crippen molar-refractivity contribution in [1.29, 1.82) is 0 Å². The highest BCUT2D eigenvalue weighted by atomic mass is 16.7. The number of hydrogen-bond donors (Lipinski definition) is 4. The summed E-state index contributed by atoms with van der Waals surface area (Å²) < 4.78 is 22.3. The fraction of sp³-hybridized carbons (Fsp3) is 0.370. The molecule has 0 bridgehead atoms. The summed E-state index contributed by atoms with van der Waals surface area (Å²) in [6.07, 6.45) is -1.98. The molecule has 0 saturated carbocycles. The van der Waals surface area contributed by atoms with Crippen LogP contribution < -0.4 is 14.2 Å². The smallest absolute Gasteiger partial charge is 0.313 e. The van der Waals surface area contributed by atoms with Crippen LogP contribution in [0.2, 0.25) is 0 Å². The minimum Gasteiger partial charge on any atom is -0.508 e. The second-order valence-electron chi connectivity index (χ2n) is 9.16. The topological polar surface area (TPSA) is 130 Å². The molecule has 190 valence electrons. The zero-order valence-corrected chi connectivity index (χ0v) is 20.5. The van der Waals surface area contributed by atoms with Gasteiger partial charge in [0.15, 0.2) is 17.6 Å².